The van der Waals surface area contributed by atoms with E-state index in [1.165, 1.54) is 0 Å². The van der Waals surface area contributed by atoms with Crippen LogP contribution in [0.25, 0.3) is 0 Å². The van der Waals surface area contributed by atoms with Gasteiger partial charge in [0, 0.05) is 12.1 Å². The maximum atomic E-state index is 11.6. The average molecular weight is 233 g/mol. The third kappa shape index (κ3) is 2.46. The number of rotatable bonds is 2. The minimum Gasteiger partial charge on any atom is -0.481 e. The van der Waals surface area contributed by atoms with E-state index in [1.807, 2.05) is 25.1 Å². The van der Waals surface area contributed by atoms with Crippen LogP contribution in [0.3, 0.4) is 0 Å². The molecule has 0 aliphatic carbocycles. The summed E-state index contributed by atoms with van der Waals surface area (Å²) in [5.74, 6) is -1.75. The van der Waals surface area contributed by atoms with Gasteiger partial charge in [-0.15, -0.1) is 0 Å². The summed E-state index contributed by atoms with van der Waals surface area (Å²) in [6, 6.07) is 5.82. The molecule has 4 nitrogen and oxygen atoms in total. The summed E-state index contributed by atoms with van der Waals surface area (Å²) < 4.78 is 0. The van der Waals surface area contributed by atoms with Crippen molar-refractivity contribution in [1.82, 2.24) is 0 Å². The number of hydrogen-bond donors (Lipinski definition) is 2. The zero-order valence-corrected chi connectivity index (χ0v) is 9.69. The van der Waals surface area contributed by atoms with Crippen LogP contribution in [0, 0.1) is 5.92 Å². The SMILES string of the molecule is CCc1ccc2c(c1)NC(=O)CC(C(=O)O)C2. The average Bonchev–Trinajstić information content (AvgIpc) is 2.45. The molecule has 0 spiro atoms. The number of carbonyl (C=O) groups is 2. The molecule has 1 heterocycles. The fourth-order valence-corrected chi connectivity index (χ4v) is 2.08. The third-order valence-electron chi connectivity index (χ3n) is 3.10. The standard InChI is InChI=1S/C13H15NO3/c1-2-8-3-4-9-6-10(13(16)17)7-12(15)14-11(9)5-8/h3-5,10H,2,6-7H2,1H3,(H,14,15)(H,16,17). The molecule has 0 bridgehead atoms. The summed E-state index contributed by atoms with van der Waals surface area (Å²) in [4.78, 5) is 22.6. The molecule has 0 fully saturated rings. The van der Waals surface area contributed by atoms with Gasteiger partial charge >= 0.3 is 5.97 Å². The Morgan fingerprint density at radius 3 is 2.88 bits per heavy atom. The van der Waals surface area contributed by atoms with Crippen molar-refractivity contribution >= 4 is 17.6 Å². The molecule has 4 heteroatoms. The molecule has 0 saturated heterocycles. The van der Waals surface area contributed by atoms with Crippen LogP contribution in [0.5, 0.6) is 0 Å². The van der Waals surface area contributed by atoms with Crippen molar-refractivity contribution in [2.24, 2.45) is 5.92 Å². The lowest BCUT2D eigenvalue weighted by atomic mass is 9.96. The van der Waals surface area contributed by atoms with Crippen molar-refractivity contribution in [2.45, 2.75) is 26.2 Å². The van der Waals surface area contributed by atoms with Gasteiger partial charge in [0.05, 0.1) is 5.92 Å². The Labute approximate surface area is 99.6 Å². The highest BCUT2D eigenvalue weighted by atomic mass is 16.4. The zero-order valence-electron chi connectivity index (χ0n) is 9.69. The van der Waals surface area contributed by atoms with E-state index in [-0.39, 0.29) is 12.3 Å². The topological polar surface area (TPSA) is 66.4 Å². The molecule has 2 N–H and O–H groups in total. The van der Waals surface area contributed by atoms with Gasteiger partial charge in [0.1, 0.15) is 0 Å². The van der Waals surface area contributed by atoms with Crippen molar-refractivity contribution in [1.29, 1.82) is 0 Å². The molecule has 2 rings (SSSR count). The van der Waals surface area contributed by atoms with Gasteiger partial charge in [0.25, 0.3) is 0 Å². The Hall–Kier alpha value is -1.84. The normalized spacial score (nSPS) is 19.1. The number of carbonyl (C=O) groups excluding carboxylic acids is 1. The van der Waals surface area contributed by atoms with E-state index in [1.54, 1.807) is 0 Å². The quantitative estimate of drug-likeness (QED) is 0.819. The van der Waals surface area contributed by atoms with Gasteiger partial charge in [0.2, 0.25) is 5.91 Å². The number of amides is 1. The maximum Gasteiger partial charge on any atom is 0.307 e. The number of benzene rings is 1. The van der Waals surface area contributed by atoms with Crippen molar-refractivity contribution in [3.8, 4) is 0 Å². The highest BCUT2D eigenvalue weighted by Gasteiger charge is 2.26. The first-order valence-corrected chi connectivity index (χ1v) is 5.74. The summed E-state index contributed by atoms with van der Waals surface area (Å²) in [5, 5.41) is 11.8. The largest absolute Gasteiger partial charge is 0.481 e. The molecule has 1 aromatic rings. The first-order valence-electron chi connectivity index (χ1n) is 5.74. The Morgan fingerprint density at radius 1 is 1.47 bits per heavy atom. The number of fused-ring (bicyclic) bond motifs is 1. The number of aryl methyl sites for hydroxylation is 1. The highest BCUT2D eigenvalue weighted by Crippen LogP contribution is 2.26. The van der Waals surface area contributed by atoms with E-state index in [0.717, 1.165) is 23.2 Å². The van der Waals surface area contributed by atoms with E-state index in [9.17, 15) is 9.59 Å². The Morgan fingerprint density at radius 2 is 2.24 bits per heavy atom. The molecular formula is C13H15NO3. The third-order valence-corrected chi connectivity index (χ3v) is 3.10. The number of nitrogens with one attached hydrogen (secondary N) is 1. The molecule has 1 atom stereocenters. The molecule has 17 heavy (non-hydrogen) atoms. The van der Waals surface area contributed by atoms with Crippen LogP contribution in [0.1, 0.15) is 24.5 Å². The summed E-state index contributed by atoms with van der Waals surface area (Å²) in [5.41, 5.74) is 2.80. The van der Waals surface area contributed by atoms with Crippen LogP contribution < -0.4 is 5.32 Å². The first-order chi connectivity index (χ1) is 8.10. The molecule has 0 aromatic heterocycles. The number of carboxylic acids is 1. The molecule has 1 amide bonds. The molecule has 0 radical (unpaired) electrons. The molecule has 1 aliphatic rings. The van der Waals surface area contributed by atoms with Crippen molar-refractivity contribution in [3.05, 3.63) is 29.3 Å². The summed E-state index contributed by atoms with van der Waals surface area (Å²) in [7, 11) is 0. The summed E-state index contributed by atoms with van der Waals surface area (Å²) in [6.45, 7) is 2.04. The van der Waals surface area contributed by atoms with Gasteiger partial charge in [-0.2, -0.15) is 0 Å². The van der Waals surface area contributed by atoms with E-state index < -0.39 is 11.9 Å². The first kappa shape index (κ1) is 11.6. The maximum absolute atomic E-state index is 11.6. The van der Waals surface area contributed by atoms with Crippen molar-refractivity contribution in [3.63, 3.8) is 0 Å². The predicted octanol–water partition coefficient (Wildman–Crippen LogP) is 1.83. The van der Waals surface area contributed by atoms with Gasteiger partial charge in [-0.25, -0.2) is 0 Å². The van der Waals surface area contributed by atoms with Gasteiger partial charge in [-0.05, 0) is 30.0 Å². The number of aliphatic carboxylic acids is 1. The van der Waals surface area contributed by atoms with E-state index in [2.05, 4.69) is 5.32 Å². The molecule has 90 valence electrons. The smallest absolute Gasteiger partial charge is 0.307 e. The Balaban J connectivity index is 2.37. The Kier molecular flexibility index (Phi) is 3.13. The summed E-state index contributed by atoms with van der Waals surface area (Å²) in [6.07, 6.45) is 1.35. The van der Waals surface area contributed by atoms with Gasteiger partial charge in [-0.1, -0.05) is 19.1 Å². The second kappa shape index (κ2) is 4.57. The van der Waals surface area contributed by atoms with Crippen molar-refractivity contribution < 1.29 is 14.7 Å². The Bertz CT molecular complexity index is 468. The van der Waals surface area contributed by atoms with E-state index in [4.69, 9.17) is 5.11 Å². The van der Waals surface area contributed by atoms with E-state index >= 15 is 0 Å². The lowest BCUT2D eigenvalue weighted by molar-refractivity contribution is -0.143. The van der Waals surface area contributed by atoms with Crippen LogP contribution in [0.15, 0.2) is 18.2 Å². The van der Waals surface area contributed by atoms with Crippen molar-refractivity contribution in [2.75, 3.05) is 5.32 Å². The minimum absolute atomic E-state index is 0.0471. The van der Waals surface area contributed by atoms with Crippen LogP contribution in [-0.2, 0) is 22.4 Å². The minimum atomic E-state index is -0.910. The fourth-order valence-electron chi connectivity index (χ4n) is 2.08. The number of carboxylic acid groups (broad SMARTS) is 1. The van der Waals surface area contributed by atoms with E-state index in [0.29, 0.717) is 6.42 Å². The lowest BCUT2D eigenvalue weighted by Gasteiger charge is -2.09. The monoisotopic (exact) mass is 233 g/mol. The van der Waals surface area contributed by atoms with Crippen LogP contribution in [-0.4, -0.2) is 17.0 Å². The second-order valence-corrected chi connectivity index (χ2v) is 4.34. The van der Waals surface area contributed by atoms with Gasteiger partial charge < -0.3 is 10.4 Å². The molecule has 1 aromatic carbocycles. The molecule has 0 saturated carbocycles. The fraction of sp³-hybridized carbons (Fsp3) is 0.385. The van der Waals surface area contributed by atoms with Gasteiger partial charge in [-0.3, -0.25) is 9.59 Å². The predicted molar refractivity (Wildman–Crippen MR) is 63.9 cm³/mol. The van der Waals surface area contributed by atoms with Gasteiger partial charge in [0.15, 0.2) is 0 Å². The summed E-state index contributed by atoms with van der Waals surface area (Å²) >= 11 is 0. The second-order valence-electron chi connectivity index (χ2n) is 4.34. The highest BCUT2D eigenvalue weighted by molar-refractivity contribution is 5.95. The molecule has 1 unspecified atom stereocenters. The number of hydrogen-bond acceptors (Lipinski definition) is 2. The lowest BCUT2D eigenvalue weighted by Crippen LogP contribution is -2.20. The molecular weight excluding hydrogens is 218 g/mol. The number of anilines is 1. The zero-order chi connectivity index (χ0) is 12.4. The van der Waals surface area contributed by atoms with Crippen LogP contribution in [0.2, 0.25) is 0 Å². The molecule has 1 aliphatic heterocycles. The van der Waals surface area contributed by atoms with Crippen LogP contribution >= 0.6 is 0 Å². The van der Waals surface area contributed by atoms with Crippen LogP contribution in [0.4, 0.5) is 5.69 Å².